The van der Waals surface area contributed by atoms with Gasteiger partial charge in [-0.3, -0.25) is 4.79 Å². The van der Waals surface area contributed by atoms with Crippen LogP contribution in [0.2, 0.25) is 0 Å². The number of likely N-dealkylation sites (tertiary alicyclic amines) is 1. The standard InChI is InChI=1S/C16H30N2O/c1-2-6-14-7-5-11-18(12-8-14)15(19)16(13-17)9-3-4-10-16/h14H,2-13,17H2,1H3. The number of nitrogens with zero attached hydrogens (tertiary/aromatic N) is 1. The largest absolute Gasteiger partial charge is 0.342 e. The predicted molar refractivity (Wildman–Crippen MR) is 78.8 cm³/mol. The van der Waals surface area contributed by atoms with Gasteiger partial charge in [0.05, 0.1) is 5.41 Å². The van der Waals surface area contributed by atoms with Gasteiger partial charge in [-0.2, -0.15) is 0 Å². The van der Waals surface area contributed by atoms with E-state index >= 15 is 0 Å². The van der Waals surface area contributed by atoms with Crippen LogP contribution >= 0.6 is 0 Å². The van der Waals surface area contributed by atoms with E-state index in [0.29, 0.717) is 12.5 Å². The van der Waals surface area contributed by atoms with Crippen LogP contribution in [0.5, 0.6) is 0 Å². The van der Waals surface area contributed by atoms with Crippen molar-refractivity contribution in [3.63, 3.8) is 0 Å². The van der Waals surface area contributed by atoms with Crippen LogP contribution < -0.4 is 5.73 Å². The molecule has 1 atom stereocenters. The Morgan fingerprint density at radius 1 is 1.21 bits per heavy atom. The quantitative estimate of drug-likeness (QED) is 0.850. The smallest absolute Gasteiger partial charge is 0.230 e. The van der Waals surface area contributed by atoms with Crippen molar-refractivity contribution >= 4 is 5.91 Å². The number of nitrogens with two attached hydrogens (primary N) is 1. The highest BCUT2D eigenvalue weighted by atomic mass is 16.2. The molecule has 2 rings (SSSR count). The second-order valence-electron chi connectivity index (χ2n) is 6.57. The first-order valence-electron chi connectivity index (χ1n) is 8.21. The summed E-state index contributed by atoms with van der Waals surface area (Å²) < 4.78 is 0. The van der Waals surface area contributed by atoms with Gasteiger partial charge in [-0.15, -0.1) is 0 Å². The summed E-state index contributed by atoms with van der Waals surface area (Å²) in [5, 5.41) is 0. The van der Waals surface area contributed by atoms with Crippen LogP contribution in [0.3, 0.4) is 0 Å². The third-order valence-electron chi connectivity index (χ3n) is 5.24. The van der Waals surface area contributed by atoms with Gasteiger partial charge in [-0.1, -0.05) is 32.6 Å². The van der Waals surface area contributed by atoms with Crippen LogP contribution in [0.15, 0.2) is 0 Å². The van der Waals surface area contributed by atoms with Gasteiger partial charge >= 0.3 is 0 Å². The van der Waals surface area contributed by atoms with Crippen molar-refractivity contribution in [3.05, 3.63) is 0 Å². The summed E-state index contributed by atoms with van der Waals surface area (Å²) in [5.74, 6) is 1.20. The Balaban J connectivity index is 1.95. The lowest BCUT2D eigenvalue weighted by Crippen LogP contribution is -2.47. The van der Waals surface area contributed by atoms with Crippen molar-refractivity contribution in [1.82, 2.24) is 4.90 Å². The molecule has 0 aromatic rings. The number of hydrogen-bond acceptors (Lipinski definition) is 2. The van der Waals surface area contributed by atoms with E-state index in [0.717, 1.165) is 31.8 Å². The number of hydrogen-bond donors (Lipinski definition) is 1. The Bertz CT molecular complexity index is 297. The Morgan fingerprint density at radius 3 is 2.58 bits per heavy atom. The molecule has 1 saturated heterocycles. The van der Waals surface area contributed by atoms with Gasteiger partial charge in [0, 0.05) is 19.6 Å². The minimum Gasteiger partial charge on any atom is -0.342 e. The average molecular weight is 266 g/mol. The molecular formula is C16H30N2O. The molecule has 110 valence electrons. The van der Waals surface area contributed by atoms with Crippen LogP contribution in [0.1, 0.15) is 64.7 Å². The number of rotatable bonds is 4. The van der Waals surface area contributed by atoms with Crippen LogP contribution in [0, 0.1) is 11.3 Å². The highest BCUT2D eigenvalue weighted by Gasteiger charge is 2.42. The van der Waals surface area contributed by atoms with Gasteiger partial charge in [0.1, 0.15) is 0 Å². The van der Waals surface area contributed by atoms with Crippen LogP contribution in [-0.4, -0.2) is 30.4 Å². The lowest BCUT2D eigenvalue weighted by Gasteiger charge is -2.33. The second kappa shape index (κ2) is 6.74. The van der Waals surface area contributed by atoms with E-state index in [2.05, 4.69) is 11.8 Å². The molecule has 1 saturated carbocycles. The molecule has 2 aliphatic rings. The van der Waals surface area contributed by atoms with Gasteiger partial charge in [0.25, 0.3) is 0 Å². The van der Waals surface area contributed by atoms with Crippen LogP contribution in [-0.2, 0) is 4.79 Å². The molecule has 1 aliphatic carbocycles. The maximum atomic E-state index is 12.8. The fraction of sp³-hybridized carbons (Fsp3) is 0.938. The lowest BCUT2D eigenvalue weighted by molar-refractivity contribution is -0.141. The summed E-state index contributed by atoms with van der Waals surface area (Å²) >= 11 is 0. The zero-order chi connectivity index (χ0) is 13.7. The average Bonchev–Trinajstić information content (AvgIpc) is 2.80. The second-order valence-corrected chi connectivity index (χ2v) is 6.57. The van der Waals surface area contributed by atoms with Crippen molar-refractivity contribution in [1.29, 1.82) is 0 Å². The molecule has 0 radical (unpaired) electrons. The normalized spacial score (nSPS) is 27.3. The molecule has 2 N–H and O–H groups in total. The number of amides is 1. The molecule has 3 heteroatoms. The third kappa shape index (κ3) is 3.31. The Morgan fingerprint density at radius 2 is 1.95 bits per heavy atom. The summed E-state index contributed by atoms with van der Waals surface area (Å²) in [6.07, 6.45) is 10.6. The zero-order valence-corrected chi connectivity index (χ0v) is 12.5. The monoisotopic (exact) mass is 266 g/mol. The Labute approximate surface area is 117 Å². The molecule has 3 nitrogen and oxygen atoms in total. The minimum atomic E-state index is -0.204. The molecule has 0 bridgehead atoms. The fourth-order valence-electron chi connectivity index (χ4n) is 3.96. The van der Waals surface area contributed by atoms with Crippen molar-refractivity contribution < 1.29 is 4.79 Å². The fourth-order valence-corrected chi connectivity index (χ4v) is 3.96. The minimum absolute atomic E-state index is 0.204. The molecule has 1 amide bonds. The van der Waals surface area contributed by atoms with Crippen molar-refractivity contribution in [2.75, 3.05) is 19.6 Å². The Kier molecular flexibility index (Phi) is 5.26. The molecule has 19 heavy (non-hydrogen) atoms. The molecule has 0 aromatic carbocycles. The van der Waals surface area contributed by atoms with E-state index < -0.39 is 0 Å². The first-order chi connectivity index (χ1) is 9.22. The number of carbonyl (C=O) groups excluding carboxylic acids is 1. The molecule has 0 spiro atoms. The van der Waals surface area contributed by atoms with Gasteiger partial charge in [0.2, 0.25) is 5.91 Å². The summed E-state index contributed by atoms with van der Waals surface area (Å²) in [7, 11) is 0. The highest BCUT2D eigenvalue weighted by Crippen LogP contribution is 2.39. The van der Waals surface area contributed by atoms with Gasteiger partial charge < -0.3 is 10.6 Å². The van der Waals surface area contributed by atoms with E-state index in [9.17, 15) is 4.79 Å². The molecular weight excluding hydrogens is 236 g/mol. The number of carbonyl (C=O) groups is 1. The van der Waals surface area contributed by atoms with Gasteiger partial charge in [-0.25, -0.2) is 0 Å². The SMILES string of the molecule is CCCC1CCCN(C(=O)C2(CN)CCCC2)CC1. The predicted octanol–water partition coefficient (Wildman–Crippen LogP) is 2.93. The summed E-state index contributed by atoms with van der Waals surface area (Å²) in [5.41, 5.74) is 5.74. The highest BCUT2D eigenvalue weighted by molar-refractivity contribution is 5.83. The van der Waals surface area contributed by atoms with Crippen LogP contribution in [0.25, 0.3) is 0 Å². The van der Waals surface area contributed by atoms with Crippen molar-refractivity contribution in [2.45, 2.75) is 64.7 Å². The zero-order valence-electron chi connectivity index (χ0n) is 12.5. The van der Waals surface area contributed by atoms with E-state index in [-0.39, 0.29) is 5.41 Å². The van der Waals surface area contributed by atoms with E-state index in [1.54, 1.807) is 0 Å². The lowest BCUT2D eigenvalue weighted by atomic mass is 9.84. The third-order valence-corrected chi connectivity index (χ3v) is 5.24. The summed E-state index contributed by atoms with van der Waals surface area (Å²) in [6, 6.07) is 0. The maximum Gasteiger partial charge on any atom is 0.230 e. The molecule has 1 unspecified atom stereocenters. The Hall–Kier alpha value is -0.570. The molecule has 1 aliphatic heterocycles. The van der Waals surface area contributed by atoms with E-state index in [1.807, 2.05) is 0 Å². The van der Waals surface area contributed by atoms with Gasteiger partial charge in [-0.05, 0) is 38.0 Å². The first-order valence-corrected chi connectivity index (χ1v) is 8.21. The van der Waals surface area contributed by atoms with Crippen LogP contribution in [0.4, 0.5) is 0 Å². The van der Waals surface area contributed by atoms with E-state index in [1.165, 1.54) is 44.9 Å². The maximum absolute atomic E-state index is 12.8. The van der Waals surface area contributed by atoms with Crippen molar-refractivity contribution in [2.24, 2.45) is 17.1 Å². The first kappa shape index (κ1) is 14.8. The molecule has 2 fully saturated rings. The molecule has 1 heterocycles. The van der Waals surface area contributed by atoms with Gasteiger partial charge in [0.15, 0.2) is 0 Å². The van der Waals surface area contributed by atoms with E-state index in [4.69, 9.17) is 5.73 Å². The summed E-state index contributed by atoms with van der Waals surface area (Å²) in [4.78, 5) is 14.9. The molecule has 0 aromatic heterocycles. The summed E-state index contributed by atoms with van der Waals surface area (Å²) in [6.45, 7) is 4.72. The van der Waals surface area contributed by atoms with Crippen molar-refractivity contribution in [3.8, 4) is 0 Å². The topological polar surface area (TPSA) is 46.3 Å².